The van der Waals surface area contributed by atoms with Gasteiger partial charge in [-0.1, -0.05) is 26.2 Å². The van der Waals surface area contributed by atoms with E-state index in [9.17, 15) is 8.42 Å². The van der Waals surface area contributed by atoms with E-state index in [0.29, 0.717) is 30.1 Å². The molecule has 2 heterocycles. The van der Waals surface area contributed by atoms with E-state index in [1.165, 1.54) is 32.1 Å². The summed E-state index contributed by atoms with van der Waals surface area (Å²) in [6, 6.07) is 0.875. The third-order valence-corrected chi connectivity index (χ3v) is 7.93. The van der Waals surface area contributed by atoms with Crippen molar-refractivity contribution in [1.29, 1.82) is 0 Å². The Bertz CT molecular complexity index is 579. The SMILES string of the molecule is CCC1CCCC(NC(=NCC2CCS(=O)(=O)C2)NC2CCOCC2)C1.I. The van der Waals surface area contributed by atoms with Gasteiger partial charge in [0.15, 0.2) is 15.8 Å². The van der Waals surface area contributed by atoms with Gasteiger partial charge in [-0.3, -0.25) is 4.99 Å². The van der Waals surface area contributed by atoms with E-state index in [1.54, 1.807) is 0 Å². The van der Waals surface area contributed by atoms with Crippen LogP contribution in [0.3, 0.4) is 0 Å². The first kappa shape index (κ1) is 23.2. The summed E-state index contributed by atoms with van der Waals surface area (Å²) >= 11 is 0. The van der Waals surface area contributed by atoms with E-state index in [4.69, 9.17) is 9.73 Å². The molecule has 0 spiro atoms. The summed E-state index contributed by atoms with van der Waals surface area (Å²) in [5.41, 5.74) is 0. The van der Waals surface area contributed by atoms with Crippen LogP contribution in [-0.4, -0.2) is 57.7 Å². The lowest BCUT2D eigenvalue weighted by molar-refractivity contribution is 0.0821. The summed E-state index contributed by atoms with van der Waals surface area (Å²) in [7, 11) is -2.84. The van der Waals surface area contributed by atoms with Crippen LogP contribution in [0.5, 0.6) is 0 Å². The topological polar surface area (TPSA) is 79.8 Å². The van der Waals surface area contributed by atoms with Gasteiger partial charge in [0.05, 0.1) is 11.5 Å². The molecule has 0 radical (unpaired) electrons. The average molecular weight is 513 g/mol. The van der Waals surface area contributed by atoms with Gasteiger partial charge >= 0.3 is 0 Å². The van der Waals surface area contributed by atoms with Crippen LogP contribution in [-0.2, 0) is 14.6 Å². The Labute approximate surface area is 181 Å². The van der Waals surface area contributed by atoms with Crippen molar-refractivity contribution in [2.45, 2.75) is 70.4 Å². The monoisotopic (exact) mass is 513 g/mol. The van der Waals surface area contributed by atoms with Gasteiger partial charge in [-0.05, 0) is 43.9 Å². The molecule has 0 bridgehead atoms. The highest BCUT2D eigenvalue weighted by molar-refractivity contribution is 14.0. The lowest BCUT2D eigenvalue weighted by Crippen LogP contribution is -2.50. The first-order valence-electron chi connectivity index (χ1n) is 10.4. The smallest absolute Gasteiger partial charge is 0.191 e. The minimum atomic E-state index is -2.84. The highest BCUT2D eigenvalue weighted by atomic mass is 127. The lowest BCUT2D eigenvalue weighted by atomic mass is 9.84. The maximum atomic E-state index is 11.7. The Kier molecular flexibility index (Phi) is 9.61. The quantitative estimate of drug-likeness (QED) is 0.336. The number of nitrogens with zero attached hydrogens (tertiary/aromatic N) is 1. The molecule has 0 aromatic carbocycles. The van der Waals surface area contributed by atoms with Crippen molar-refractivity contribution in [3.8, 4) is 0 Å². The summed E-state index contributed by atoms with van der Waals surface area (Å²) in [6.07, 6.45) is 9.03. The fourth-order valence-electron chi connectivity index (χ4n) is 4.39. The summed E-state index contributed by atoms with van der Waals surface area (Å²) in [6.45, 7) is 4.48. The standard InChI is InChI=1S/C19H35N3O3S.HI/c1-2-15-4-3-5-18(12-15)22-19(21-17-6-9-25-10-7-17)20-13-16-8-11-26(23,24)14-16;/h15-18H,2-14H2,1H3,(H2,20,21,22);1H. The van der Waals surface area contributed by atoms with Crippen LogP contribution in [0.25, 0.3) is 0 Å². The Hall–Kier alpha value is -0.0900. The molecule has 2 saturated heterocycles. The molecule has 1 aliphatic carbocycles. The highest BCUT2D eigenvalue weighted by Gasteiger charge is 2.28. The number of guanidine groups is 1. The maximum Gasteiger partial charge on any atom is 0.191 e. The van der Waals surface area contributed by atoms with E-state index >= 15 is 0 Å². The van der Waals surface area contributed by atoms with Crippen molar-refractivity contribution in [2.75, 3.05) is 31.3 Å². The fraction of sp³-hybridized carbons (Fsp3) is 0.947. The molecular weight excluding hydrogens is 477 g/mol. The molecule has 2 aliphatic heterocycles. The number of rotatable bonds is 5. The third kappa shape index (κ3) is 7.68. The molecule has 6 nitrogen and oxygen atoms in total. The summed E-state index contributed by atoms with van der Waals surface area (Å²) in [4.78, 5) is 4.80. The zero-order chi connectivity index (χ0) is 18.4. The van der Waals surface area contributed by atoms with Gasteiger partial charge < -0.3 is 15.4 Å². The van der Waals surface area contributed by atoms with E-state index in [2.05, 4.69) is 17.6 Å². The van der Waals surface area contributed by atoms with Crippen molar-refractivity contribution in [1.82, 2.24) is 10.6 Å². The van der Waals surface area contributed by atoms with Crippen molar-refractivity contribution in [2.24, 2.45) is 16.8 Å². The molecule has 158 valence electrons. The molecule has 0 amide bonds. The van der Waals surface area contributed by atoms with E-state index < -0.39 is 9.84 Å². The minimum Gasteiger partial charge on any atom is -0.381 e. The second-order valence-electron chi connectivity index (χ2n) is 8.27. The molecule has 2 N–H and O–H groups in total. The van der Waals surface area contributed by atoms with Gasteiger partial charge in [0, 0.05) is 31.8 Å². The summed E-state index contributed by atoms with van der Waals surface area (Å²) in [5.74, 6) is 2.48. The van der Waals surface area contributed by atoms with Gasteiger partial charge in [0.1, 0.15) is 0 Å². The third-order valence-electron chi connectivity index (χ3n) is 6.10. The average Bonchev–Trinajstić information content (AvgIpc) is 3.00. The molecule has 3 unspecified atom stereocenters. The number of aliphatic imine (C=N–C) groups is 1. The number of hydrogen-bond acceptors (Lipinski definition) is 4. The predicted octanol–water partition coefficient (Wildman–Crippen LogP) is 2.72. The number of halogens is 1. The molecule has 3 atom stereocenters. The molecule has 3 rings (SSSR count). The Morgan fingerprint density at radius 2 is 1.78 bits per heavy atom. The number of hydrogen-bond donors (Lipinski definition) is 2. The lowest BCUT2D eigenvalue weighted by Gasteiger charge is -2.32. The van der Waals surface area contributed by atoms with E-state index in [0.717, 1.165) is 44.4 Å². The molecule has 3 aliphatic rings. The van der Waals surface area contributed by atoms with E-state index in [1.807, 2.05) is 0 Å². The van der Waals surface area contributed by atoms with E-state index in [-0.39, 0.29) is 29.9 Å². The van der Waals surface area contributed by atoms with Crippen molar-refractivity contribution >= 4 is 39.8 Å². The zero-order valence-corrected chi connectivity index (χ0v) is 19.6. The van der Waals surface area contributed by atoms with Gasteiger partial charge in [0.25, 0.3) is 0 Å². The second kappa shape index (κ2) is 11.2. The second-order valence-corrected chi connectivity index (χ2v) is 10.5. The van der Waals surface area contributed by atoms with Crippen LogP contribution in [0.4, 0.5) is 0 Å². The van der Waals surface area contributed by atoms with Gasteiger partial charge in [-0.25, -0.2) is 8.42 Å². The highest BCUT2D eigenvalue weighted by Crippen LogP contribution is 2.26. The van der Waals surface area contributed by atoms with Crippen LogP contribution in [0.15, 0.2) is 4.99 Å². The van der Waals surface area contributed by atoms with Gasteiger partial charge in [-0.15, -0.1) is 24.0 Å². The molecule has 0 aromatic heterocycles. The zero-order valence-electron chi connectivity index (χ0n) is 16.5. The largest absolute Gasteiger partial charge is 0.381 e. The molecule has 3 fully saturated rings. The summed E-state index contributed by atoms with van der Waals surface area (Å²) < 4.78 is 28.8. The summed E-state index contributed by atoms with van der Waals surface area (Å²) in [5, 5.41) is 7.25. The van der Waals surface area contributed by atoms with Crippen LogP contribution in [0, 0.1) is 11.8 Å². The van der Waals surface area contributed by atoms with Crippen LogP contribution in [0.1, 0.15) is 58.3 Å². The van der Waals surface area contributed by atoms with Gasteiger partial charge in [0.2, 0.25) is 0 Å². The number of ether oxygens (including phenoxy) is 1. The van der Waals surface area contributed by atoms with Crippen LogP contribution >= 0.6 is 24.0 Å². The number of sulfone groups is 1. The van der Waals surface area contributed by atoms with Crippen molar-refractivity contribution in [3.05, 3.63) is 0 Å². The predicted molar refractivity (Wildman–Crippen MR) is 121 cm³/mol. The van der Waals surface area contributed by atoms with Gasteiger partial charge in [-0.2, -0.15) is 0 Å². The molecule has 0 aromatic rings. The minimum absolute atomic E-state index is 0. The normalized spacial score (nSPS) is 31.9. The number of nitrogens with one attached hydrogen (secondary N) is 2. The Morgan fingerprint density at radius 1 is 1.04 bits per heavy atom. The fourth-order valence-corrected chi connectivity index (χ4v) is 6.24. The molecular formula is C19H36IN3O3S. The Morgan fingerprint density at radius 3 is 2.44 bits per heavy atom. The molecule has 1 saturated carbocycles. The molecule has 27 heavy (non-hydrogen) atoms. The first-order chi connectivity index (χ1) is 12.5. The van der Waals surface area contributed by atoms with Crippen molar-refractivity contribution in [3.63, 3.8) is 0 Å². The Balaban J connectivity index is 0.00000261. The maximum absolute atomic E-state index is 11.7. The van der Waals surface area contributed by atoms with Crippen molar-refractivity contribution < 1.29 is 13.2 Å². The first-order valence-corrected chi connectivity index (χ1v) is 12.2. The van der Waals surface area contributed by atoms with Crippen LogP contribution in [0.2, 0.25) is 0 Å². The van der Waals surface area contributed by atoms with Crippen LogP contribution < -0.4 is 10.6 Å². The molecule has 8 heteroatoms.